The maximum Gasteiger partial charge on any atom is 0.303 e. The van der Waals surface area contributed by atoms with Gasteiger partial charge in [0.15, 0.2) is 0 Å². The van der Waals surface area contributed by atoms with Gasteiger partial charge in [0.05, 0.1) is 19.0 Å². The van der Waals surface area contributed by atoms with Crippen LogP contribution in [0.25, 0.3) is 0 Å². The van der Waals surface area contributed by atoms with E-state index in [4.69, 9.17) is 9.84 Å². The Labute approximate surface area is 102 Å². The lowest BCUT2D eigenvalue weighted by atomic mass is 10.2. The van der Waals surface area contributed by atoms with Crippen LogP contribution in [0.15, 0.2) is 0 Å². The van der Waals surface area contributed by atoms with E-state index >= 15 is 0 Å². The molecular formula is C10H19NO5S. The summed E-state index contributed by atoms with van der Waals surface area (Å²) in [6.45, 7) is 3.12. The maximum atomic E-state index is 12.0. The molecule has 7 heteroatoms. The van der Waals surface area contributed by atoms with Crippen LogP contribution in [0.2, 0.25) is 0 Å². The Morgan fingerprint density at radius 2 is 2.24 bits per heavy atom. The molecular weight excluding hydrogens is 246 g/mol. The van der Waals surface area contributed by atoms with E-state index in [0.29, 0.717) is 26.2 Å². The van der Waals surface area contributed by atoms with Crippen LogP contribution in [0.5, 0.6) is 0 Å². The molecule has 1 aliphatic rings. The van der Waals surface area contributed by atoms with E-state index in [1.165, 1.54) is 4.31 Å². The van der Waals surface area contributed by atoms with Crippen LogP contribution in [0, 0.1) is 0 Å². The molecule has 6 nitrogen and oxygen atoms in total. The normalized spacial score (nSPS) is 22.5. The number of carbonyl (C=O) groups is 1. The van der Waals surface area contributed by atoms with Crippen molar-refractivity contribution in [3.05, 3.63) is 0 Å². The Balaban J connectivity index is 2.58. The highest BCUT2D eigenvalue weighted by Crippen LogP contribution is 2.16. The van der Waals surface area contributed by atoms with E-state index < -0.39 is 16.0 Å². The van der Waals surface area contributed by atoms with Gasteiger partial charge in [0.2, 0.25) is 10.0 Å². The van der Waals surface area contributed by atoms with Crippen LogP contribution in [-0.2, 0) is 19.6 Å². The van der Waals surface area contributed by atoms with Crippen molar-refractivity contribution in [1.82, 2.24) is 4.31 Å². The third-order valence-corrected chi connectivity index (χ3v) is 4.79. The molecule has 1 rings (SSSR count). The molecule has 1 atom stereocenters. The van der Waals surface area contributed by atoms with E-state index in [1.807, 2.05) is 6.92 Å². The van der Waals surface area contributed by atoms with Gasteiger partial charge >= 0.3 is 5.97 Å². The van der Waals surface area contributed by atoms with E-state index in [-0.39, 0.29) is 24.6 Å². The van der Waals surface area contributed by atoms with Crippen molar-refractivity contribution >= 4 is 16.0 Å². The van der Waals surface area contributed by atoms with E-state index in [0.717, 1.165) is 0 Å². The highest BCUT2D eigenvalue weighted by Gasteiger charge is 2.31. The van der Waals surface area contributed by atoms with Gasteiger partial charge in [-0.05, 0) is 12.8 Å². The maximum absolute atomic E-state index is 12.0. The molecule has 0 amide bonds. The smallest absolute Gasteiger partial charge is 0.303 e. The standard InChI is InChI=1S/C10H19NO5S/c1-2-9-8-16-6-5-11(9)17(14,15)7-3-4-10(12)13/h9H,2-8H2,1H3,(H,12,13). The molecule has 17 heavy (non-hydrogen) atoms. The number of rotatable bonds is 6. The monoisotopic (exact) mass is 265 g/mol. The predicted molar refractivity (Wildman–Crippen MR) is 62.3 cm³/mol. The van der Waals surface area contributed by atoms with Crippen LogP contribution >= 0.6 is 0 Å². The van der Waals surface area contributed by atoms with Gasteiger partial charge in [-0.1, -0.05) is 6.92 Å². The summed E-state index contributed by atoms with van der Waals surface area (Å²) in [5.74, 6) is -1.07. The average molecular weight is 265 g/mol. The number of carboxylic acid groups (broad SMARTS) is 1. The Kier molecular flexibility index (Phi) is 5.35. The lowest BCUT2D eigenvalue weighted by Gasteiger charge is -2.33. The molecule has 1 saturated heterocycles. The number of sulfonamides is 1. The SMILES string of the molecule is CCC1COCCN1S(=O)(=O)CCCC(=O)O. The lowest BCUT2D eigenvalue weighted by molar-refractivity contribution is -0.137. The summed E-state index contributed by atoms with van der Waals surface area (Å²) in [6, 6.07) is -0.112. The first-order valence-corrected chi connectivity index (χ1v) is 7.37. The topological polar surface area (TPSA) is 83.9 Å². The summed E-state index contributed by atoms with van der Waals surface area (Å²) in [4.78, 5) is 10.4. The Morgan fingerprint density at radius 3 is 2.82 bits per heavy atom. The highest BCUT2D eigenvalue weighted by molar-refractivity contribution is 7.89. The Morgan fingerprint density at radius 1 is 1.53 bits per heavy atom. The predicted octanol–water partition coefficient (Wildman–Crippen LogP) is 0.292. The van der Waals surface area contributed by atoms with Crippen molar-refractivity contribution < 1.29 is 23.1 Å². The number of hydrogen-bond acceptors (Lipinski definition) is 4. The molecule has 0 aromatic heterocycles. The fraction of sp³-hybridized carbons (Fsp3) is 0.900. The fourth-order valence-corrected chi connectivity index (χ4v) is 3.61. The van der Waals surface area contributed by atoms with Crippen molar-refractivity contribution in [2.75, 3.05) is 25.5 Å². The zero-order valence-electron chi connectivity index (χ0n) is 9.96. The summed E-state index contributed by atoms with van der Waals surface area (Å²) in [6.07, 6.45) is 0.754. The van der Waals surface area contributed by atoms with Crippen molar-refractivity contribution in [3.8, 4) is 0 Å². The van der Waals surface area contributed by atoms with Crippen molar-refractivity contribution in [2.45, 2.75) is 32.2 Å². The molecule has 0 aromatic carbocycles. The van der Waals surface area contributed by atoms with Gasteiger partial charge in [-0.15, -0.1) is 0 Å². The largest absolute Gasteiger partial charge is 0.481 e. The van der Waals surface area contributed by atoms with E-state index in [9.17, 15) is 13.2 Å². The lowest BCUT2D eigenvalue weighted by Crippen LogP contribution is -2.49. The third kappa shape index (κ3) is 4.25. The molecule has 1 heterocycles. The first-order valence-electron chi connectivity index (χ1n) is 5.76. The summed E-state index contributed by atoms with van der Waals surface area (Å²) in [5, 5.41) is 8.49. The fourth-order valence-electron chi connectivity index (χ4n) is 1.85. The molecule has 0 bridgehead atoms. The van der Waals surface area contributed by atoms with Crippen LogP contribution in [0.4, 0.5) is 0 Å². The zero-order valence-corrected chi connectivity index (χ0v) is 10.8. The quantitative estimate of drug-likeness (QED) is 0.746. The number of carboxylic acids is 1. The van der Waals surface area contributed by atoms with Crippen molar-refractivity contribution in [2.24, 2.45) is 0 Å². The summed E-state index contributed by atoms with van der Waals surface area (Å²) in [7, 11) is -3.35. The van der Waals surface area contributed by atoms with Crippen LogP contribution in [0.1, 0.15) is 26.2 Å². The molecule has 0 saturated carbocycles. The number of aliphatic carboxylic acids is 1. The first kappa shape index (κ1) is 14.4. The second kappa shape index (κ2) is 6.32. The molecule has 1 N–H and O–H groups in total. The number of morpholine rings is 1. The van der Waals surface area contributed by atoms with Gasteiger partial charge in [-0.25, -0.2) is 8.42 Å². The molecule has 0 aliphatic carbocycles. The van der Waals surface area contributed by atoms with Crippen molar-refractivity contribution in [1.29, 1.82) is 0 Å². The molecule has 100 valence electrons. The molecule has 0 radical (unpaired) electrons. The first-order chi connectivity index (χ1) is 7.97. The van der Waals surface area contributed by atoms with Crippen LogP contribution < -0.4 is 0 Å². The van der Waals surface area contributed by atoms with Gasteiger partial charge < -0.3 is 9.84 Å². The number of ether oxygens (including phenoxy) is 1. The van der Waals surface area contributed by atoms with E-state index in [2.05, 4.69) is 0 Å². The molecule has 1 unspecified atom stereocenters. The van der Waals surface area contributed by atoms with Gasteiger partial charge in [-0.2, -0.15) is 4.31 Å². The molecule has 0 aromatic rings. The Hall–Kier alpha value is -0.660. The highest BCUT2D eigenvalue weighted by atomic mass is 32.2. The second-order valence-corrected chi connectivity index (χ2v) is 6.10. The minimum Gasteiger partial charge on any atom is -0.481 e. The minimum atomic E-state index is -3.35. The second-order valence-electron chi connectivity index (χ2n) is 4.06. The molecule has 0 spiro atoms. The Bertz CT molecular complexity index is 354. The summed E-state index contributed by atoms with van der Waals surface area (Å²) in [5.41, 5.74) is 0. The summed E-state index contributed by atoms with van der Waals surface area (Å²) < 4.78 is 30.7. The number of nitrogens with zero attached hydrogens (tertiary/aromatic N) is 1. The molecule has 1 aliphatic heterocycles. The van der Waals surface area contributed by atoms with Crippen molar-refractivity contribution in [3.63, 3.8) is 0 Å². The summed E-state index contributed by atoms with van der Waals surface area (Å²) >= 11 is 0. The zero-order chi connectivity index (χ0) is 12.9. The van der Waals surface area contributed by atoms with Gasteiger partial charge in [0.25, 0.3) is 0 Å². The average Bonchev–Trinajstić information content (AvgIpc) is 2.28. The third-order valence-electron chi connectivity index (χ3n) is 2.80. The number of hydrogen-bond donors (Lipinski definition) is 1. The van der Waals surface area contributed by atoms with E-state index in [1.54, 1.807) is 0 Å². The van der Waals surface area contributed by atoms with Crippen LogP contribution in [-0.4, -0.2) is 55.4 Å². The van der Waals surface area contributed by atoms with Gasteiger partial charge in [0, 0.05) is 19.0 Å². The van der Waals surface area contributed by atoms with Gasteiger partial charge in [0.1, 0.15) is 0 Å². The minimum absolute atomic E-state index is 0.101. The van der Waals surface area contributed by atoms with Gasteiger partial charge in [-0.3, -0.25) is 4.79 Å². The molecule has 1 fully saturated rings. The van der Waals surface area contributed by atoms with Crippen LogP contribution in [0.3, 0.4) is 0 Å².